The predicted octanol–water partition coefficient (Wildman–Crippen LogP) is 14.5. The molecule has 13 rings (SSSR count). The highest BCUT2D eigenvalue weighted by Gasteiger charge is 2.46. The fourth-order valence-electron chi connectivity index (χ4n) is 10.7. The Morgan fingerprint density at radius 1 is 0.368 bits per heavy atom. The van der Waals surface area contributed by atoms with Crippen molar-refractivity contribution >= 4 is 76.1 Å². The highest BCUT2D eigenvalue weighted by atomic mass is 16.3. The van der Waals surface area contributed by atoms with Crippen LogP contribution in [0.2, 0.25) is 0 Å². The van der Waals surface area contributed by atoms with E-state index >= 15 is 0 Å². The molecule has 1 aliphatic carbocycles. The Morgan fingerprint density at radius 3 is 1.60 bits per heavy atom. The van der Waals surface area contributed by atoms with Crippen LogP contribution < -0.4 is 0 Å². The highest BCUT2D eigenvalue weighted by Crippen LogP contribution is 2.57. The molecule has 0 spiro atoms. The summed E-state index contributed by atoms with van der Waals surface area (Å²) in [4.78, 5) is 0. The number of hydrogen-bond donors (Lipinski definition) is 0. The van der Waals surface area contributed by atoms with Crippen LogP contribution in [0.3, 0.4) is 0 Å². The number of rotatable bonds is 3. The maximum Gasteiger partial charge on any atom is 0.160 e. The van der Waals surface area contributed by atoms with Crippen LogP contribution >= 0.6 is 0 Å². The van der Waals surface area contributed by atoms with Gasteiger partial charge < -0.3 is 8.98 Å². The molecule has 2 nitrogen and oxygen atoms in total. The summed E-state index contributed by atoms with van der Waals surface area (Å²) in [6.45, 7) is 0. The topological polar surface area (TPSA) is 18.1 Å². The molecule has 0 amide bonds. The Morgan fingerprint density at radius 2 is 0.895 bits per heavy atom. The third kappa shape index (κ3) is 3.89. The number of benzene rings is 10. The number of para-hydroxylation sites is 2. The number of nitrogens with zero attached hydrogens (tertiary/aromatic N) is 1. The van der Waals surface area contributed by atoms with Crippen LogP contribution in [0.25, 0.3) is 92.9 Å². The van der Waals surface area contributed by atoms with Crippen molar-refractivity contribution in [3.63, 3.8) is 0 Å². The Hall–Kier alpha value is -7.42. The lowest BCUT2D eigenvalue weighted by molar-refractivity contribution is 0.671. The Balaban J connectivity index is 1.23. The van der Waals surface area contributed by atoms with E-state index in [4.69, 9.17) is 4.42 Å². The van der Waals surface area contributed by atoms with E-state index in [1.807, 2.05) is 0 Å². The van der Waals surface area contributed by atoms with Crippen molar-refractivity contribution in [2.45, 2.75) is 5.41 Å². The number of aromatic nitrogens is 1. The van der Waals surface area contributed by atoms with Crippen molar-refractivity contribution in [3.05, 3.63) is 222 Å². The van der Waals surface area contributed by atoms with Crippen LogP contribution in [0.5, 0.6) is 0 Å². The van der Waals surface area contributed by atoms with Crippen molar-refractivity contribution < 1.29 is 4.42 Å². The molecule has 0 saturated carbocycles. The molecular formula is C55H33NO. The lowest BCUT2D eigenvalue weighted by Gasteiger charge is -2.33. The van der Waals surface area contributed by atoms with E-state index in [0.717, 1.165) is 38.7 Å². The molecule has 57 heavy (non-hydrogen) atoms. The van der Waals surface area contributed by atoms with E-state index < -0.39 is 5.41 Å². The van der Waals surface area contributed by atoms with Gasteiger partial charge in [-0.2, -0.15) is 0 Å². The standard InChI is InChI=1S/C55H33NO/c1-3-17-34(18-4-1)55(35-19-5-2-6-20-35)45-28-14-11-23-39(45)44-33-36(31-32-46(44)55)56-47-29-15-12-26-42(47)51-49-40-24-9-7-21-37(40)38-22-8-10-25-41(38)50(49)52-43-27-13-16-30-48(43)57-54(52)53(51)56/h1-33H. The third-order valence-corrected chi connectivity index (χ3v) is 12.8. The number of furan rings is 1. The zero-order valence-corrected chi connectivity index (χ0v) is 30.9. The first-order chi connectivity index (χ1) is 28.3. The average molecular weight is 724 g/mol. The van der Waals surface area contributed by atoms with Crippen LogP contribution in [0.15, 0.2) is 205 Å². The summed E-state index contributed by atoms with van der Waals surface area (Å²) in [5, 5.41) is 12.3. The van der Waals surface area contributed by atoms with Gasteiger partial charge in [0.25, 0.3) is 0 Å². The van der Waals surface area contributed by atoms with Gasteiger partial charge in [-0.3, -0.25) is 0 Å². The zero-order valence-electron chi connectivity index (χ0n) is 30.9. The summed E-state index contributed by atoms with van der Waals surface area (Å²) >= 11 is 0. The molecule has 0 radical (unpaired) electrons. The molecule has 2 aromatic heterocycles. The monoisotopic (exact) mass is 723 g/mol. The van der Waals surface area contributed by atoms with E-state index in [9.17, 15) is 0 Å². The van der Waals surface area contributed by atoms with Crippen molar-refractivity contribution in [3.8, 4) is 16.8 Å². The van der Waals surface area contributed by atoms with Gasteiger partial charge in [0.2, 0.25) is 0 Å². The van der Waals surface area contributed by atoms with Crippen LogP contribution in [-0.4, -0.2) is 4.57 Å². The van der Waals surface area contributed by atoms with Gasteiger partial charge in [-0.05, 0) is 79.2 Å². The van der Waals surface area contributed by atoms with Crippen LogP contribution in [0, 0.1) is 0 Å². The highest BCUT2D eigenvalue weighted by molar-refractivity contribution is 6.44. The molecule has 10 aromatic carbocycles. The van der Waals surface area contributed by atoms with Crippen molar-refractivity contribution in [1.82, 2.24) is 4.57 Å². The minimum atomic E-state index is -0.462. The van der Waals surface area contributed by atoms with Gasteiger partial charge in [-0.15, -0.1) is 0 Å². The Labute approximate surface area is 328 Å². The molecule has 0 aliphatic heterocycles. The second-order valence-electron chi connectivity index (χ2n) is 15.5. The Bertz CT molecular complexity index is 3590. The number of fused-ring (bicyclic) bond motifs is 18. The van der Waals surface area contributed by atoms with Crippen LogP contribution in [-0.2, 0) is 5.41 Å². The minimum absolute atomic E-state index is 0.462. The quantitative estimate of drug-likeness (QED) is 0.166. The zero-order chi connectivity index (χ0) is 37.2. The summed E-state index contributed by atoms with van der Waals surface area (Å²) in [5.41, 5.74) is 12.4. The van der Waals surface area contributed by atoms with Crippen molar-refractivity contribution in [2.75, 3.05) is 0 Å². The fraction of sp³-hybridized carbons (Fsp3) is 0.0182. The average Bonchev–Trinajstić information content (AvgIpc) is 3.94. The molecule has 0 saturated heterocycles. The van der Waals surface area contributed by atoms with Crippen molar-refractivity contribution in [2.24, 2.45) is 0 Å². The van der Waals surface area contributed by atoms with Crippen LogP contribution in [0.1, 0.15) is 22.3 Å². The van der Waals surface area contributed by atoms with E-state index in [2.05, 4.69) is 205 Å². The third-order valence-electron chi connectivity index (χ3n) is 12.8. The molecule has 2 heteroatoms. The van der Waals surface area contributed by atoms with Gasteiger partial charge >= 0.3 is 0 Å². The SMILES string of the molecule is c1ccc(C2(c3ccccc3)c3ccccc3-c3cc(-n4c5ccccc5c5c6c7ccccc7c7ccccc7c6c6c7ccccc7oc6c54)ccc32)cc1. The Kier molecular flexibility index (Phi) is 6.13. The maximum absolute atomic E-state index is 7.10. The summed E-state index contributed by atoms with van der Waals surface area (Å²) < 4.78 is 9.58. The number of hydrogen-bond acceptors (Lipinski definition) is 1. The molecule has 2 heterocycles. The molecule has 0 fully saturated rings. The molecule has 0 atom stereocenters. The summed E-state index contributed by atoms with van der Waals surface area (Å²) in [6, 6.07) is 73.5. The first kappa shape index (κ1) is 30.9. The second kappa shape index (κ2) is 11.3. The molecule has 0 N–H and O–H groups in total. The van der Waals surface area contributed by atoms with Gasteiger partial charge in [-0.1, -0.05) is 176 Å². The van der Waals surface area contributed by atoms with Gasteiger partial charge in [0.05, 0.1) is 16.4 Å². The maximum atomic E-state index is 7.10. The minimum Gasteiger partial charge on any atom is -0.454 e. The molecule has 264 valence electrons. The summed E-state index contributed by atoms with van der Waals surface area (Å²) in [5.74, 6) is 0. The largest absolute Gasteiger partial charge is 0.454 e. The first-order valence-corrected chi connectivity index (χ1v) is 19.8. The van der Waals surface area contributed by atoms with Gasteiger partial charge in [0.1, 0.15) is 5.58 Å². The van der Waals surface area contributed by atoms with E-state index in [1.54, 1.807) is 0 Å². The lowest BCUT2D eigenvalue weighted by Crippen LogP contribution is -2.28. The summed E-state index contributed by atoms with van der Waals surface area (Å²) in [7, 11) is 0. The van der Waals surface area contributed by atoms with Gasteiger partial charge in [0, 0.05) is 38.0 Å². The lowest BCUT2D eigenvalue weighted by atomic mass is 9.68. The van der Waals surface area contributed by atoms with E-state index in [0.29, 0.717) is 0 Å². The molecule has 0 unspecified atom stereocenters. The molecule has 1 aliphatic rings. The summed E-state index contributed by atoms with van der Waals surface area (Å²) in [6.07, 6.45) is 0. The van der Waals surface area contributed by atoms with Gasteiger partial charge in [0.15, 0.2) is 5.58 Å². The van der Waals surface area contributed by atoms with Crippen molar-refractivity contribution in [1.29, 1.82) is 0 Å². The van der Waals surface area contributed by atoms with Gasteiger partial charge in [-0.25, -0.2) is 0 Å². The second-order valence-corrected chi connectivity index (χ2v) is 15.5. The predicted molar refractivity (Wildman–Crippen MR) is 238 cm³/mol. The van der Waals surface area contributed by atoms with E-state index in [1.165, 1.54) is 76.5 Å². The normalized spacial score (nSPS) is 13.4. The van der Waals surface area contributed by atoms with E-state index in [-0.39, 0.29) is 0 Å². The van der Waals surface area contributed by atoms with Crippen LogP contribution in [0.4, 0.5) is 0 Å². The first-order valence-electron chi connectivity index (χ1n) is 19.8. The molecular weight excluding hydrogens is 691 g/mol. The smallest absolute Gasteiger partial charge is 0.160 e. The fourth-order valence-corrected chi connectivity index (χ4v) is 10.7. The molecule has 12 aromatic rings. The molecule has 0 bridgehead atoms.